The molecule has 0 spiro atoms. The minimum atomic E-state index is 0.127. The highest BCUT2D eigenvalue weighted by molar-refractivity contribution is 5.48. The van der Waals surface area contributed by atoms with Crippen LogP contribution in [0, 0.1) is 0 Å². The topological polar surface area (TPSA) is 24.9 Å². The SMILES string of the molecule is CC(C)Oc1ccc(CN2CCN(C/C=C/c3ccccc3)CC2)cc1OC(C)C. The molecule has 0 amide bonds. The lowest BCUT2D eigenvalue weighted by Crippen LogP contribution is -2.45. The summed E-state index contributed by atoms with van der Waals surface area (Å²) < 4.78 is 11.9. The second-order valence-corrected chi connectivity index (χ2v) is 8.50. The minimum absolute atomic E-state index is 0.127. The van der Waals surface area contributed by atoms with Crippen LogP contribution in [0.5, 0.6) is 11.5 Å². The predicted octanol–water partition coefficient (Wildman–Crippen LogP) is 5.09. The predicted molar refractivity (Wildman–Crippen MR) is 125 cm³/mol. The van der Waals surface area contributed by atoms with Crippen LogP contribution in [-0.2, 0) is 6.54 Å². The Morgan fingerprint density at radius 1 is 0.800 bits per heavy atom. The molecule has 2 aromatic carbocycles. The van der Waals surface area contributed by atoms with E-state index < -0.39 is 0 Å². The molecule has 0 unspecified atom stereocenters. The number of hydrogen-bond donors (Lipinski definition) is 0. The number of ether oxygens (including phenoxy) is 2. The maximum Gasteiger partial charge on any atom is 0.161 e. The normalized spacial score (nSPS) is 15.9. The highest BCUT2D eigenvalue weighted by Gasteiger charge is 2.17. The van der Waals surface area contributed by atoms with Gasteiger partial charge < -0.3 is 9.47 Å². The first kappa shape index (κ1) is 22.4. The van der Waals surface area contributed by atoms with Crippen molar-refractivity contribution in [1.29, 1.82) is 0 Å². The van der Waals surface area contributed by atoms with Gasteiger partial charge in [-0.05, 0) is 51.0 Å². The van der Waals surface area contributed by atoms with Gasteiger partial charge in [-0.25, -0.2) is 0 Å². The molecule has 0 saturated carbocycles. The molecule has 1 heterocycles. The lowest BCUT2D eigenvalue weighted by Gasteiger charge is -2.34. The zero-order valence-corrected chi connectivity index (χ0v) is 18.9. The van der Waals surface area contributed by atoms with Gasteiger partial charge in [0.15, 0.2) is 11.5 Å². The zero-order valence-electron chi connectivity index (χ0n) is 18.9. The second-order valence-electron chi connectivity index (χ2n) is 8.50. The molecule has 30 heavy (non-hydrogen) atoms. The summed E-state index contributed by atoms with van der Waals surface area (Å²) in [6.07, 6.45) is 4.74. The first-order valence-corrected chi connectivity index (χ1v) is 11.1. The molecule has 1 saturated heterocycles. The van der Waals surface area contributed by atoms with Crippen molar-refractivity contribution in [3.8, 4) is 11.5 Å². The monoisotopic (exact) mass is 408 g/mol. The van der Waals surface area contributed by atoms with Gasteiger partial charge in [0.25, 0.3) is 0 Å². The van der Waals surface area contributed by atoms with Crippen LogP contribution in [0.15, 0.2) is 54.6 Å². The average molecular weight is 409 g/mol. The number of benzene rings is 2. The summed E-state index contributed by atoms with van der Waals surface area (Å²) in [6, 6.07) is 16.9. The first-order chi connectivity index (χ1) is 14.5. The number of hydrogen-bond acceptors (Lipinski definition) is 4. The molecule has 0 N–H and O–H groups in total. The van der Waals surface area contributed by atoms with Gasteiger partial charge >= 0.3 is 0 Å². The molecule has 0 radical (unpaired) electrons. The fourth-order valence-electron chi connectivity index (χ4n) is 3.64. The number of piperazine rings is 1. The maximum absolute atomic E-state index is 6.01. The fourth-order valence-corrected chi connectivity index (χ4v) is 3.64. The molecule has 0 bridgehead atoms. The van der Waals surface area contributed by atoms with Crippen LogP contribution in [0.4, 0.5) is 0 Å². The van der Waals surface area contributed by atoms with E-state index in [0.29, 0.717) is 0 Å². The Labute approximate surface area is 182 Å². The quantitative estimate of drug-likeness (QED) is 0.577. The molecule has 1 aliphatic rings. The van der Waals surface area contributed by atoms with Crippen LogP contribution >= 0.6 is 0 Å². The van der Waals surface area contributed by atoms with Crippen molar-refractivity contribution in [2.75, 3.05) is 32.7 Å². The van der Waals surface area contributed by atoms with Gasteiger partial charge in [0.1, 0.15) is 0 Å². The molecule has 0 aromatic heterocycles. The van der Waals surface area contributed by atoms with Crippen LogP contribution in [0.25, 0.3) is 6.08 Å². The lowest BCUT2D eigenvalue weighted by atomic mass is 10.1. The average Bonchev–Trinajstić information content (AvgIpc) is 2.71. The molecular weight excluding hydrogens is 372 g/mol. The Bertz CT molecular complexity index is 794. The van der Waals surface area contributed by atoms with Crippen molar-refractivity contribution in [2.24, 2.45) is 0 Å². The van der Waals surface area contributed by atoms with E-state index >= 15 is 0 Å². The van der Waals surface area contributed by atoms with Gasteiger partial charge in [-0.1, -0.05) is 48.6 Å². The Morgan fingerprint density at radius 3 is 2.10 bits per heavy atom. The molecule has 4 nitrogen and oxygen atoms in total. The van der Waals surface area contributed by atoms with Gasteiger partial charge in [-0.2, -0.15) is 0 Å². The molecule has 3 rings (SSSR count). The smallest absolute Gasteiger partial charge is 0.161 e. The zero-order chi connectivity index (χ0) is 21.3. The van der Waals surface area contributed by atoms with Crippen LogP contribution in [-0.4, -0.2) is 54.7 Å². The van der Waals surface area contributed by atoms with Crippen molar-refractivity contribution in [3.63, 3.8) is 0 Å². The van der Waals surface area contributed by atoms with Gasteiger partial charge in [0.2, 0.25) is 0 Å². The first-order valence-electron chi connectivity index (χ1n) is 11.1. The second kappa shape index (κ2) is 11.2. The Balaban J connectivity index is 1.51. The minimum Gasteiger partial charge on any atom is -0.487 e. The van der Waals surface area contributed by atoms with Crippen LogP contribution in [0.3, 0.4) is 0 Å². The third-order valence-electron chi connectivity index (χ3n) is 5.08. The lowest BCUT2D eigenvalue weighted by molar-refractivity contribution is 0.136. The summed E-state index contributed by atoms with van der Waals surface area (Å²) >= 11 is 0. The fraction of sp³-hybridized carbons (Fsp3) is 0.462. The summed E-state index contributed by atoms with van der Waals surface area (Å²) in [5, 5.41) is 0. The summed E-state index contributed by atoms with van der Waals surface area (Å²) in [5.41, 5.74) is 2.54. The van der Waals surface area contributed by atoms with E-state index in [1.165, 1.54) is 11.1 Å². The van der Waals surface area contributed by atoms with E-state index in [2.05, 4.69) is 84.3 Å². The molecule has 0 aliphatic carbocycles. The third-order valence-corrected chi connectivity index (χ3v) is 5.08. The number of rotatable bonds is 9. The molecular formula is C26H36N2O2. The van der Waals surface area contributed by atoms with Gasteiger partial charge in [0, 0.05) is 39.3 Å². The molecule has 162 valence electrons. The molecule has 1 aliphatic heterocycles. The van der Waals surface area contributed by atoms with Crippen LogP contribution in [0.1, 0.15) is 38.8 Å². The van der Waals surface area contributed by atoms with E-state index in [-0.39, 0.29) is 12.2 Å². The van der Waals surface area contributed by atoms with Gasteiger partial charge in [-0.15, -0.1) is 0 Å². The summed E-state index contributed by atoms with van der Waals surface area (Å²) in [5.74, 6) is 1.68. The highest BCUT2D eigenvalue weighted by Crippen LogP contribution is 2.31. The van der Waals surface area contributed by atoms with E-state index in [1.54, 1.807) is 0 Å². The summed E-state index contributed by atoms with van der Waals surface area (Å²) in [7, 11) is 0. The number of nitrogens with zero attached hydrogens (tertiary/aromatic N) is 2. The molecule has 0 atom stereocenters. The van der Waals surface area contributed by atoms with E-state index in [4.69, 9.17) is 9.47 Å². The Kier molecular flexibility index (Phi) is 8.35. The van der Waals surface area contributed by atoms with Crippen molar-refractivity contribution in [1.82, 2.24) is 9.80 Å². The van der Waals surface area contributed by atoms with E-state index in [0.717, 1.165) is 50.8 Å². The van der Waals surface area contributed by atoms with Gasteiger partial charge in [-0.3, -0.25) is 9.80 Å². The van der Waals surface area contributed by atoms with E-state index in [1.807, 2.05) is 13.8 Å². The van der Waals surface area contributed by atoms with Crippen molar-refractivity contribution < 1.29 is 9.47 Å². The standard InChI is InChI=1S/C26H36N2O2/c1-21(2)29-25-13-12-24(19-26(25)30-22(3)4)20-28-17-15-27(16-18-28)14-8-11-23-9-6-5-7-10-23/h5-13,19,21-22H,14-18,20H2,1-4H3/b11-8+. The summed E-state index contributed by atoms with van der Waals surface area (Å²) in [4.78, 5) is 5.04. The third kappa shape index (κ3) is 7.19. The van der Waals surface area contributed by atoms with Crippen LogP contribution < -0.4 is 9.47 Å². The van der Waals surface area contributed by atoms with Crippen LogP contribution in [0.2, 0.25) is 0 Å². The van der Waals surface area contributed by atoms with Crippen molar-refractivity contribution >= 4 is 6.08 Å². The Hall–Kier alpha value is -2.30. The van der Waals surface area contributed by atoms with Crippen molar-refractivity contribution in [2.45, 2.75) is 46.4 Å². The molecule has 4 heteroatoms. The largest absolute Gasteiger partial charge is 0.487 e. The molecule has 1 fully saturated rings. The van der Waals surface area contributed by atoms with Gasteiger partial charge in [0.05, 0.1) is 12.2 Å². The summed E-state index contributed by atoms with van der Waals surface area (Å²) in [6.45, 7) is 14.5. The molecule has 2 aromatic rings. The maximum atomic E-state index is 6.01. The highest BCUT2D eigenvalue weighted by atomic mass is 16.5. The Morgan fingerprint density at radius 2 is 1.43 bits per heavy atom. The van der Waals surface area contributed by atoms with E-state index in [9.17, 15) is 0 Å². The van der Waals surface area contributed by atoms with Crippen molar-refractivity contribution in [3.05, 3.63) is 65.7 Å².